The number of rotatable bonds is 4. The molecule has 0 saturated heterocycles. The van der Waals surface area contributed by atoms with Gasteiger partial charge in [-0.3, -0.25) is 0 Å². The highest BCUT2D eigenvalue weighted by molar-refractivity contribution is 5.78. The second-order valence-corrected chi connectivity index (χ2v) is 2.94. The summed E-state index contributed by atoms with van der Waals surface area (Å²) in [6.45, 7) is 3.81. The van der Waals surface area contributed by atoms with Gasteiger partial charge in [-0.2, -0.15) is 0 Å². The molecule has 0 aliphatic carbocycles. The summed E-state index contributed by atoms with van der Waals surface area (Å²) in [6.07, 6.45) is 2.88. The highest BCUT2D eigenvalue weighted by Crippen LogP contribution is 2.04. The number of nitrogen functional groups attached to an aromatic ring is 1. The number of carbonyl (C=O) groups is 1. The summed E-state index contributed by atoms with van der Waals surface area (Å²) in [4.78, 5) is 19.0. The molecule has 1 atom stereocenters. The van der Waals surface area contributed by atoms with Crippen LogP contribution in [0, 0.1) is 0 Å². The first-order chi connectivity index (χ1) is 7.13. The van der Waals surface area contributed by atoms with Crippen LogP contribution in [0.25, 0.3) is 0 Å². The molecule has 0 radical (unpaired) electrons. The molecule has 3 N–H and O–H groups in total. The topological polar surface area (TPSA) is 90.1 Å². The van der Waals surface area contributed by atoms with Crippen molar-refractivity contribution in [3.05, 3.63) is 12.4 Å². The van der Waals surface area contributed by atoms with Crippen LogP contribution in [0.15, 0.2) is 12.4 Å². The maximum absolute atomic E-state index is 11.3. The monoisotopic (exact) mass is 210 g/mol. The van der Waals surface area contributed by atoms with Crippen LogP contribution >= 0.6 is 0 Å². The van der Waals surface area contributed by atoms with E-state index >= 15 is 0 Å². The summed E-state index contributed by atoms with van der Waals surface area (Å²) in [5.74, 6) is 0.505. The minimum absolute atomic E-state index is 0.323. The van der Waals surface area contributed by atoms with Crippen LogP contribution in [0.1, 0.15) is 13.8 Å². The Bertz CT molecular complexity index is 325. The van der Waals surface area contributed by atoms with Gasteiger partial charge in [0.05, 0.1) is 19.0 Å². The predicted molar refractivity (Wildman–Crippen MR) is 56.2 cm³/mol. The minimum atomic E-state index is -0.456. The van der Waals surface area contributed by atoms with E-state index in [1.54, 1.807) is 13.8 Å². The molecular formula is C9H14N4O2. The summed E-state index contributed by atoms with van der Waals surface area (Å²) < 4.78 is 4.83. The quantitative estimate of drug-likeness (QED) is 0.700. The van der Waals surface area contributed by atoms with Crippen molar-refractivity contribution in [3.8, 4) is 0 Å². The molecule has 15 heavy (non-hydrogen) atoms. The first kappa shape index (κ1) is 11.2. The van der Waals surface area contributed by atoms with Crippen molar-refractivity contribution in [1.82, 2.24) is 9.97 Å². The molecule has 1 aromatic heterocycles. The lowest BCUT2D eigenvalue weighted by molar-refractivity contribution is -0.143. The van der Waals surface area contributed by atoms with E-state index in [1.165, 1.54) is 12.4 Å². The summed E-state index contributed by atoms with van der Waals surface area (Å²) in [7, 11) is 0. The molecule has 0 amide bonds. The van der Waals surface area contributed by atoms with E-state index < -0.39 is 6.04 Å². The van der Waals surface area contributed by atoms with Gasteiger partial charge in [-0.25, -0.2) is 14.8 Å². The summed E-state index contributed by atoms with van der Waals surface area (Å²) >= 11 is 0. The molecule has 0 spiro atoms. The van der Waals surface area contributed by atoms with E-state index in [0.717, 1.165) is 0 Å². The Hall–Kier alpha value is -1.85. The van der Waals surface area contributed by atoms with Crippen molar-refractivity contribution < 1.29 is 9.53 Å². The third-order valence-corrected chi connectivity index (χ3v) is 1.68. The molecule has 82 valence electrons. The second kappa shape index (κ2) is 5.14. The van der Waals surface area contributed by atoms with Crippen LogP contribution in [0.5, 0.6) is 0 Å². The molecule has 0 aliphatic heterocycles. The van der Waals surface area contributed by atoms with Gasteiger partial charge in [0.2, 0.25) is 0 Å². The van der Waals surface area contributed by atoms with E-state index in [2.05, 4.69) is 15.3 Å². The third kappa shape index (κ3) is 3.41. The zero-order chi connectivity index (χ0) is 11.3. The number of nitrogens with two attached hydrogens (primary N) is 1. The Balaban J connectivity index is 2.54. The number of hydrogen-bond donors (Lipinski definition) is 2. The van der Waals surface area contributed by atoms with Crippen molar-refractivity contribution in [1.29, 1.82) is 0 Å². The predicted octanol–water partition coefficient (Wildman–Crippen LogP) is 0.422. The van der Waals surface area contributed by atoms with Gasteiger partial charge in [0.25, 0.3) is 0 Å². The lowest BCUT2D eigenvalue weighted by Gasteiger charge is -2.12. The largest absolute Gasteiger partial charge is 0.464 e. The first-order valence-electron chi connectivity index (χ1n) is 4.64. The van der Waals surface area contributed by atoms with Crippen molar-refractivity contribution in [3.63, 3.8) is 0 Å². The number of esters is 1. The van der Waals surface area contributed by atoms with Gasteiger partial charge in [0, 0.05) is 0 Å². The first-order valence-corrected chi connectivity index (χ1v) is 4.64. The standard InChI is InChI=1S/C9H14N4O2/c1-3-15-9(14)6(2)13-8-5-11-7(10)4-12-8/h4-6H,3H2,1-2H3,(H2,10,11)(H,12,13). The molecule has 1 heterocycles. The molecule has 1 rings (SSSR count). The molecule has 0 saturated carbocycles. The van der Waals surface area contributed by atoms with Gasteiger partial charge in [0.1, 0.15) is 17.7 Å². The molecule has 0 aliphatic rings. The molecule has 1 unspecified atom stereocenters. The molecule has 6 heteroatoms. The highest BCUT2D eigenvalue weighted by Gasteiger charge is 2.13. The van der Waals surface area contributed by atoms with E-state index in [1.807, 2.05) is 0 Å². The fourth-order valence-corrected chi connectivity index (χ4v) is 0.961. The molecule has 6 nitrogen and oxygen atoms in total. The van der Waals surface area contributed by atoms with Crippen molar-refractivity contribution in [2.24, 2.45) is 0 Å². The number of nitrogens with zero attached hydrogens (tertiary/aromatic N) is 2. The Morgan fingerprint density at radius 1 is 1.60 bits per heavy atom. The van der Waals surface area contributed by atoms with Gasteiger partial charge in [-0.05, 0) is 13.8 Å². The van der Waals surface area contributed by atoms with E-state index in [9.17, 15) is 4.79 Å². The lowest BCUT2D eigenvalue weighted by Crippen LogP contribution is -2.28. The number of anilines is 2. The molecule has 0 aromatic carbocycles. The van der Waals surface area contributed by atoms with Gasteiger partial charge in [-0.1, -0.05) is 0 Å². The number of aromatic nitrogens is 2. The Morgan fingerprint density at radius 2 is 2.33 bits per heavy atom. The number of nitrogens with one attached hydrogen (secondary N) is 1. The third-order valence-electron chi connectivity index (χ3n) is 1.68. The van der Waals surface area contributed by atoms with E-state index in [4.69, 9.17) is 10.5 Å². The van der Waals surface area contributed by atoms with Crippen LogP contribution in [0.2, 0.25) is 0 Å². The smallest absolute Gasteiger partial charge is 0.328 e. The normalized spacial score (nSPS) is 11.9. The summed E-state index contributed by atoms with van der Waals surface area (Å²) in [5, 5.41) is 2.85. The Labute approximate surface area is 87.9 Å². The summed E-state index contributed by atoms with van der Waals surface area (Å²) in [5.41, 5.74) is 5.37. The zero-order valence-corrected chi connectivity index (χ0v) is 8.73. The average molecular weight is 210 g/mol. The Morgan fingerprint density at radius 3 is 2.87 bits per heavy atom. The van der Waals surface area contributed by atoms with Crippen LogP contribution in [0.4, 0.5) is 11.6 Å². The average Bonchev–Trinajstić information content (AvgIpc) is 2.22. The minimum Gasteiger partial charge on any atom is -0.464 e. The molecule has 0 fully saturated rings. The van der Waals surface area contributed by atoms with Gasteiger partial charge < -0.3 is 15.8 Å². The Kier molecular flexibility index (Phi) is 3.84. The SMILES string of the molecule is CCOC(=O)C(C)Nc1cnc(N)cn1. The van der Waals surface area contributed by atoms with Crippen LogP contribution < -0.4 is 11.1 Å². The van der Waals surface area contributed by atoms with Crippen molar-refractivity contribution in [2.75, 3.05) is 17.7 Å². The van der Waals surface area contributed by atoms with E-state index in [0.29, 0.717) is 18.2 Å². The fraction of sp³-hybridized carbons (Fsp3) is 0.444. The number of carbonyl (C=O) groups excluding carboxylic acids is 1. The molecule has 1 aromatic rings. The number of hydrogen-bond acceptors (Lipinski definition) is 6. The second-order valence-electron chi connectivity index (χ2n) is 2.94. The highest BCUT2D eigenvalue weighted by atomic mass is 16.5. The van der Waals surface area contributed by atoms with Gasteiger partial charge in [0.15, 0.2) is 0 Å². The van der Waals surface area contributed by atoms with Crippen LogP contribution in [0.3, 0.4) is 0 Å². The van der Waals surface area contributed by atoms with Crippen LogP contribution in [-0.2, 0) is 9.53 Å². The van der Waals surface area contributed by atoms with Crippen LogP contribution in [-0.4, -0.2) is 28.6 Å². The summed E-state index contributed by atoms with van der Waals surface area (Å²) in [6, 6.07) is -0.456. The zero-order valence-electron chi connectivity index (χ0n) is 8.73. The van der Waals surface area contributed by atoms with Crippen molar-refractivity contribution >= 4 is 17.6 Å². The van der Waals surface area contributed by atoms with Crippen molar-refractivity contribution in [2.45, 2.75) is 19.9 Å². The molecular weight excluding hydrogens is 196 g/mol. The number of ether oxygens (including phenoxy) is 1. The van der Waals surface area contributed by atoms with Gasteiger partial charge in [-0.15, -0.1) is 0 Å². The molecule has 0 bridgehead atoms. The fourth-order valence-electron chi connectivity index (χ4n) is 0.961. The lowest BCUT2D eigenvalue weighted by atomic mass is 10.3. The van der Waals surface area contributed by atoms with Gasteiger partial charge >= 0.3 is 5.97 Å². The van der Waals surface area contributed by atoms with E-state index in [-0.39, 0.29) is 5.97 Å². The maximum Gasteiger partial charge on any atom is 0.328 e. The maximum atomic E-state index is 11.3.